The lowest BCUT2D eigenvalue weighted by Crippen LogP contribution is -2.37. The van der Waals surface area contributed by atoms with Crippen LogP contribution in [-0.4, -0.2) is 4.98 Å². The van der Waals surface area contributed by atoms with Crippen molar-refractivity contribution in [1.82, 2.24) is 4.98 Å². The van der Waals surface area contributed by atoms with Gasteiger partial charge in [-0.2, -0.15) is 0 Å². The molecule has 21 heavy (non-hydrogen) atoms. The molecule has 0 bridgehead atoms. The van der Waals surface area contributed by atoms with Crippen LogP contribution in [0.15, 0.2) is 42.7 Å². The molecule has 2 rings (SSSR count). The van der Waals surface area contributed by atoms with Crippen molar-refractivity contribution in [2.45, 2.75) is 64.8 Å². The summed E-state index contributed by atoms with van der Waals surface area (Å²) < 4.78 is 2.40. The Balaban J connectivity index is 1.82. The maximum absolute atomic E-state index is 3.44. The second-order valence-corrected chi connectivity index (χ2v) is 6.02. The number of imidazole rings is 1. The van der Waals surface area contributed by atoms with Gasteiger partial charge >= 0.3 is 0 Å². The number of hydrogen-bond donors (Lipinski definition) is 1. The van der Waals surface area contributed by atoms with E-state index in [0.29, 0.717) is 5.92 Å². The van der Waals surface area contributed by atoms with Crippen molar-refractivity contribution in [3.63, 3.8) is 0 Å². The van der Waals surface area contributed by atoms with Gasteiger partial charge < -0.3 is 0 Å². The molecule has 2 aromatic rings. The predicted octanol–water partition coefficient (Wildman–Crippen LogP) is 4.62. The second-order valence-electron chi connectivity index (χ2n) is 6.02. The number of nitrogens with one attached hydrogen (secondary N) is 1. The molecule has 0 saturated heterocycles. The zero-order chi connectivity index (χ0) is 14.9. The van der Waals surface area contributed by atoms with Gasteiger partial charge in [-0.25, -0.2) is 9.55 Å². The molecule has 2 heteroatoms. The van der Waals surface area contributed by atoms with Crippen LogP contribution in [0.2, 0.25) is 0 Å². The van der Waals surface area contributed by atoms with Crippen LogP contribution in [-0.2, 0) is 13.0 Å². The van der Waals surface area contributed by atoms with E-state index in [4.69, 9.17) is 0 Å². The van der Waals surface area contributed by atoms with Gasteiger partial charge in [-0.15, -0.1) is 0 Å². The highest BCUT2D eigenvalue weighted by molar-refractivity contribution is 5.14. The summed E-state index contributed by atoms with van der Waals surface area (Å²) in [6, 6.07) is 10.8. The fourth-order valence-electron chi connectivity index (χ4n) is 2.93. The molecule has 114 valence electrons. The summed E-state index contributed by atoms with van der Waals surface area (Å²) in [5, 5.41) is 0. The van der Waals surface area contributed by atoms with Crippen molar-refractivity contribution in [2.75, 3.05) is 0 Å². The fourth-order valence-corrected chi connectivity index (χ4v) is 2.93. The van der Waals surface area contributed by atoms with E-state index in [1.807, 2.05) is 0 Å². The van der Waals surface area contributed by atoms with Crippen LogP contribution in [0.25, 0.3) is 0 Å². The van der Waals surface area contributed by atoms with Crippen LogP contribution < -0.4 is 4.57 Å². The highest BCUT2D eigenvalue weighted by Crippen LogP contribution is 2.17. The van der Waals surface area contributed by atoms with Crippen LogP contribution in [0.1, 0.15) is 63.3 Å². The van der Waals surface area contributed by atoms with E-state index in [2.05, 4.69) is 66.1 Å². The van der Waals surface area contributed by atoms with Gasteiger partial charge in [-0.1, -0.05) is 63.4 Å². The third kappa shape index (κ3) is 5.04. The van der Waals surface area contributed by atoms with Gasteiger partial charge in [0.05, 0.1) is 12.5 Å². The Bertz CT molecular complexity index is 501. The minimum absolute atomic E-state index is 0.628. The summed E-state index contributed by atoms with van der Waals surface area (Å²) >= 11 is 0. The van der Waals surface area contributed by atoms with Crippen LogP contribution in [0.4, 0.5) is 0 Å². The largest absolute Gasteiger partial charge is 0.257 e. The Morgan fingerprint density at radius 1 is 1.10 bits per heavy atom. The first-order valence-electron chi connectivity index (χ1n) is 8.42. The molecule has 0 aliphatic carbocycles. The minimum atomic E-state index is 0.628. The van der Waals surface area contributed by atoms with E-state index in [1.165, 1.54) is 43.5 Å². The zero-order valence-electron chi connectivity index (χ0n) is 13.5. The molecule has 0 fully saturated rings. The molecular weight excluding hydrogens is 256 g/mol. The Morgan fingerprint density at radius 3 is 2.67 bits per heavy atom. The second kappa shape index (κ2) is 8.66. The van der Waals surface area contributed by atoms with Crippen molar-refractivity contribution in [2.24, 2.45) is 0 Å². The van der Waals surface area contributed by atoms with E-state index >= 15 is 0 Å². The number of hydrogen-bond acceptors (Lipinski definition) is 0. The summed E-state index contributed by atoms with van der Waals surface area (Å²) in [6.07, 6.45) is 11.9. The van der Waals surface area contributed by atoms with Crippen LogP contribution in [0.3, 0.4) is 0 Å². The Labute approximate surface area is 129 Å². The SMILES string of the molecule is CCCCC[C@H](C)c1[nH]cc[n+]1CCCc1ccccc1. The first-order valence-corrected chi connectivity index (χ1v) is 8.42. The average Bonchev–Trinajstić information content (AvgIpc) is 2.97. The van der Waals surface area contributed by atoms with Crippen LogP contribution in [0, 0.1) is 0 Å². The standard InChI is InChI=1S/C19H28N2/c1-3-4-6-10-17(2)19-20-14-16-21(19)15-9-13-18-11-7-5-8-12-18/h5,7-8,11-12,14,16-17H,3-4,6,9-10,13,15H2,1-2H3/p+1/t17-/m0/s1. The maximum atomic E-state index is 3.44. The van der Waals surface area contributed by atoms with Crippen LogP contribution >= 0.6 is 0 Å². The Morgan fingerprint density at radius 2 is 1.90 bits per heavy atom. The summed E-state index contributed by atoms with van der Waals surface area (Å²) in [6.45, 7) is 5.71. The third-order valence-electron chi connectivity index (χ3n) is 4.21. The molecule has 0 unspecified atom stereocenters. The number of H-pyrrole nitrogens is 1. The first-order chi connectivity index (χ1) is 10.3. The molecule has 1 aromatic heterocycles. The third-order valence-corrected chi connectivity index (χ3v) is 4.21. The number of aromatic amines is 1. The van der Waals surface area contributed by atoms with Crippen molar-refractivity contribution in [3.8, 4) is 0 Å². The van der Waals surface area contributed by atoms with Gasteiger partial charge in [0.1, 0.15) is 12.4 Å². The number of aromatic nitrogens is 2. The fraction of sp³-hybridized carbons (Fsp3) is 0.526. The summed E-state index contributed by atoms with van der Waals surface area (Å²) in [5.74, 6) is 2.02. The van der Waals surface area contributed by atoms with Gasteiger partial charge in [0.25, 0.3) is 5.82 Å². The molecule has 1 atom stereocenters. The minimum Gasteiger partial charge on any atom is -0.247 e. The molecule has 2 nitrogen and oxygen atoms in total. The summed E-state index contributed by atoms with van der Waals surface area (Å²) in [4.78, 5) is 3.44. The molecule has 0 amide bonds. The average molecular weight is 285 g/mol. The Hall–Kier alpha value is -1.57. The molecular formula is C19H29N2+. The molecule has 1 heterocycles. The van der Waals surface area contributed by atoms with Gasteiger partial charge in [-0.05, 0) is 24.8 Å². The molecule has 0 spiro atoms. The monoisotopic (exact) mass is 285 g/mol. The first kappa shape index (κ1) is 15.8. The molecule has 0 aliphatic heterocycles. The predicted molar refractivity (Wildman–Crippen MR) is 88.3 cm³/mol. The highest BCUT2D eigenvalue weighted by Gasteiger charge is 2.17. The molecule has 0 aliphatic rings. The van der Waals surface area contributed by atoms with Crippen molar-refractivity contribution < 1.29 is 4.57 Å². The molecule has 1 N–H and O–H groups in total. The van der Waals surface area contributed by atoms with E-state index in [-0.39, 0.29) is 0 Å². The highest BCUT2D eigenvalue weighted by atomic mass is 15.1. The van der Waals surface area contributed by atoms with Crippen molar-refractivity contribution >= 4 is 0 Å². The molecule has 1 aromatic carbocycles. The summed E-state index contributed by atoms with van der Waals surface area (Å²) in [7, 11) is 0. The van der Waals surface area contributed by atoms with Crippen LogP contribution in [0.5, 0.6) is 0 Å². The van der Waals surface area contributed by atoms with Gasteiger partial charge in [0.2, 0.25) is 0 Å². The molecule has 0 radical (unpaired) electrons. The summed E-state index contributed by atoms with van der Waals surface area (Å²) in [5.41, 5.74) is 1.44. The van der Waals surface area contributed by atoms with Crippen molar-refractivity contribution in [3.05, 3.63) is 54.1 Å². The molecule has 0 saturated carbocycles. The number of benzene rings is 1. The van der Waals surface area contributed by atoms with Gasteiger partial charge in [0.15, 0.2) is 0 Å². The lowest BCUT2D eigenvalue weighted by Gasteiger charge is -2.08. The lowest BCUT2D eigenvalue weighted by molar-refractivity contribution is -0.704. The Kier molecular flexibility index (Phi) is 6.52. The quantitative estimate of drug-likeness (QED) is 0.512. The number of rotatable bonds is 9. The van der Waals surface area contributed by atoms with Gasteiger partial charge in [0, 0.05) is 0 Å². The van der Waals surface area contributed by atoms with Gasteiger partial charge in [-0.3, -0.25) is 0 Å². The lowest BCUT2D eigenvalue weighted by atomic mass is 10.0. The van der Waals surface area contributed by atoms with E-state index in [0.717, 1.165) is 13.0 Å². The number of nitrogens with zero attached hydrogens (tertiary/aromatic N) is 1. The van der Waals surface area contributed by atoms with Crippen molar-refractivity contribution in [1.29, 1.82) is 0 Å². The number of unbranched alkanes of at least 4 members (excludes halogenated alkanes) is 2. The topological polar surface area (TPSA) is 19.7 Å². The number of aryl methyl sites for hydroxylation is 2. The normalized spacial score (nSPS) is 12.5. The smallest absolute Gasteiger partial charge is 0.247 e. The van der Waals surface area contributed by atoms with E-state index in [1.54, 1.807) is 0 Å². The van der Waals surface area contributed by atoms with E-state index in [9.17, 15) is 0 Å². The maximum Gasteiger partial charge on any atom is 0.257 e. The van der Waals surface area contributed by atoms with E-state index < -0.39 is 0 Å². The zero-order valence-corrected chi connectivity index (χ0v) is 13.5.